The number of nitro groups is 1. The number of rotatable bonds is 7. The number of non-ortho nitro benzene ring substituents is 1. The van der Waals surface area contributed by atoms with Crippen molar-refractivity contribution in [2.45, 2.75) is 32.1 Å². The van der Waals surface area contributed by atoms with Crippen LogP contribution in [-0.4, -0.2) is 30.5 Å². The molecule has 0 saturated carbocycles. The maximum absolute atomic E-state index is 11.9. The van der Waals surface area contributed by atoms with Crippen LogP contribution in [0.3, 0.4) is 0 Å². The molecule has 1 fully saturated rings. The standard InChI is InChI=1S/C16H23N3O3.ClH/c20-16(14-5-3-10-17-12-14)18-11-2-1-4-13-6-8-15(9-7-13)19(21)22;/h6-9,14,17H,1-5,10-12H2,(H,18,20);1H. The number of aryl methyl sites for hydroxylation is 1. The average molecular weight is 342 g/mol. The third-order valence-corrected chi connectivity index (χ3v) is 4.01. The maximum atomic E-state index is 11.9. The van der Waals surface area contributed by atoms with Crippen LogP contribution < -0.4 is 10.6 Å². The minimum atomic E-state index is -0.389. The van der Waals surface area contributed by atoms with Crippen LogP contribution in [0.4, 0.5) is 5.69 Å². The molecular formula is C16H24ClN3O3. The Morgan fingerprint density at radius 1 is 1.30 bits per heavy atom. The van der Waals surface area contributed by atoms with E-state index in [0.717, 1.165) is 50.8 Å². The minimum Gasteiger partial charge on any atom is -0.356 e. The normalized spacial score (nSPS) is 17.1. The predicted octanol–water partition coefficient (Wildman–Crippen LogP) is 2.46. The van der Waals surface area contributed by atoms with Gasteiger partial charge in [-0.1, -0.05) is 12.1 Å². The Morgan fingerprint density at radius 2 is 2.04 bits per heavy atom. The highest BCUT2D eigenvalue weighted by Crippen LogP contribution is 2.13. The number of nitrogens with zero attached hydrogens (tertiary/aromatic N) is 1. The number of hydrogen-bond acceptors (Lipinski definition) is 4. The number of nitrogens with one attached hydrogen (secondary N) is 2. The van der Waals surface area contributed by atoms with Crippen molar-refractivity contribution < 1.29 is 9.72 Å². The van der Waals surface area contributed by atoms with Gasteiger partial charge in [-0.2, -0.15) is 0 Å². The number of benzene rings is 1. The summed E-state index contributed by atoms with van der Waals surface area (Å²) in [5, 5.41) is 16.8. The van der Waals surface area contributed by atoms with Crippen LogP contribution >= 0.6 is 12.4 Å². The number of amides is 1. The summed E-state index contributed by atoms with van der Waals surface area (Å²) in [7, 11) is 0. The van der Waals surface area contributed by atoms with Gasteiger partial charge >= 0.3 is 0 Å². The first kappa shape index (κ1) is 19.4. The van der Waals surface area contributed by atoms with E-state index >= 15 is 0 Å². The molecule has 0 aliphatic carbocycles. The van der Waals surface area contributed by atoms with Crippen LogP contribution in [0.1, 0.15) is 31.2 Å². The molecule has 0 aromatic heterocycles. The van der Waals surface area contributed by atoms with Crippen LogP contribution in [0, 0.1) is 16.0 Å². The fraction of sp³-hybridized carbons (Fsp3) is 0.562. The van der Waals surface area contributed by atoms with Crippen LogP contribution in [0.5, 0.6) is 0 Å². The zero-order valence-electron chi connectivity index (χ0n) is 13.1. The molecule has 1 heterocycles. The molecule has 0 bridgehead atoms. The van der Waals surface area contributed by atoms with Crippen LogP contribution in [0.2, 0.25) is 0 Å². The summed E-state index contributed by atoms with van der Waals surface area (Å²) in [5.74, 6) is 0.269. The third kappa shape index (κ3) is 6.54. The van der Waals surface area contributed by atoms with Gasteiger partial charge in [0.15, 0.2) is 0 Å². The molecule has 1 atom stereocenters. The van der Waals surface area contributed by atoms with Gasteiger partial charge in [-0.05, 0) is 44.2 Å². The molecule has 1 aliphatic rings. The molecule has 0 spiro atoms. The quantitative estimate of drug-likeness (QED) is 0.453. The fourth-order valence-corrected chi connectivity index (χ4v) is 2.67. The van der Waals surface area contributed by atoms with Gasteiger partial charge in [0.1, 0.15) is 0 Å². The zero-order chi connectivity index (χ0) is 15.8. The largest absolute Gasteiger partial charge is 0.356 e. The Labute approximate surface area is 142 Å². The van der Waals surface area contributed by atoms with Crippen molar-refractivity contribution in [2.75, 3.05) is 19.6 Å². The lowest BCUT2D eigenvalue weighted by atomic mass is 9.99. The van der Waals surface area contributed by atoms with Crippen molar-refractivity contribution >= 4 is 24.0 Å². The van der Waals surface area contributed by atoms with E-state index in [0.29, 0.717) is 6.54 Å². The van der Waals surface area contributed by atoms with E-state index < -0.39 is 0 Å². The van der Waals surface area contributed by atoms with E-state index in [2.05, 4.69) is 10.6 Å². The summed E-state index contributed by atoms with van der Waals surface area (Å²) in [5.41, 5.74) is 1.21. The number of halogens is 1. The van der Waals surface area contributed by atoms with Crippen molar-refractivity contribution in [3.05, 3.63) is 39.9 Å². The molecule has 23 heavy (non-hydrogen) atoms. The first-order valence-electron chi connectivity index (χ1n) is 7.88. The summed E-state index contributed by atoms with van der Waals surface area (Å²) in [4.78, 5) is 22.1. The van der Waals surface area contributed by atoms with Gasteiger partial charge in [0.2, 0.25) is 5.91 Å². The van der Waals surface area contributed by atoms with Crippen molar-refractivity contribution in [1.82, 2.24) is 10.6 Å². The lowest BCUT2D eigenvalue weighted by Crippen LogP contribution is -2.40. The summed E-state index contributed by atoms with van der Waals surface area (Å²) in [6.07, 6.45) is 4.79. The van der Waals surface area contributed by atoms with Gasteiger partial charge in [-0.25, -0.2) is 0 Å². The maximum Gasteiger partial charge on any atom is 0.269 e. The number of hydrogen-bond donors (Lipinski definition) is 2. The van der Waals surface area contributed by atoms with Gasteiger partial charge in [-0.15, -0.1) is 12.4 Å². The van der Waals surface area contributed by atoms with Gasteiger partial charge in [0.05, 0.1) is 10.8 Å². The molecule has 1 saturated heterocycles. The number of piperidine rings is 1. The lowest BCUT2D eigenvalue weighted by molar-refractivity contribution is -0.384. The molecule has 7 heteroatoms. The summed E-state index contributed by atoms with van der Waals surface area (Å²) < 4.78 is 0. The Bertz CT molecular complexity index is 502. The van der Waals surface area contributed by atoms with E-state index in [1.807, 2.05) is 0 Å². The second kappa shape index (κ2) is 10.2. The molecule has 1 aromatic rings. The second-order valence-electron chi connectivity index (χ2n) is 5.71. The SMILES string of the molecule is Cl.O=C(NCCCCc1ccc([N+](=O)[O-])cc1)C1CCCNC1. The molecule has 1 aliphatic heterocycles. The number of carbonyl (C=O) groups is 1. The van der Waals surface area contributed by atoms with Crippen molar-refractivity contribution in [3.8, 4) is 0 Å². The second-order valence-corrected chi connectivity index (χ2v) is 5.71. The summed E-state index contributed by atoms with van der Waals surface area (Å²) >= 11 is 0. The van der Waals surface area contributed by atoms with Crippen LogP contribution in [0.25, 0.3) is 0 Å². The third-order valence-electron chi connectivity index (χ3n) is 4.01. The highest BCUT2D eigenvalue weighted by Gasteiger charge is 2.19. The van der Waals surface area contributed by atoms with Gasteiger partial charge in [0.25, 0.3) is 5.69 Å². The van der Waals surface area contributed by atoms with E-state index in [-0.39, 0.29) is 34.8 Å². The van der Waals surface area contributed by atoms with Gasteiger partial charge < -0.3 is 10.6 Å². The Hall–Kier alpha value is -1.66. The molecule has 2 rings (SSSR count). The van der Waals surface area contributed by atoms with E-state index in [1.54, 1.807) is 12.1 Å². The molecule has 0 radical (unpaired) electrons. The first-order chi connectivity index (χ1) is 10.7. The van der Waals surface area contributed by atoms with Gasteiger partial charge in [0, 0.05) is 25.2 Å². The Kier molecular flexibility index (Phi) is 8.58. The van der Waals surface area contributed by atoms with Crippen molar-refractivity contribution in [2.24, 2.45) is 5.92 Å². The molecule has 6 nitrogen and oxygen atoms in total. The smallest absolute Gasteiger partial charge is 0.269 e. The van der Waals surface area contributed by atoms with Crippen LogP contribution in [0.15, 0.2) is 24.3 Å². The minimum absolute atomic E-state index is 0. The predicted molar refractivity (Wildman–Crippen MR) is 91.9 cm³/mol. The highest BCUT2D eigenvalue weighted by molar-refractivity contribution is 5.85. The molecule has 1 amide bonds. The van der Waals surface area contributed by atoms with E-state index in [9.17, 15) is 14.9 Å². The Morgan fingerprint density at radius 3 is 2.65 bits per heavy atom. The number of nitro benzene ring substituents is 1. The fourth-order valence-electron chi connectivity index (χ4n) is 2.67. The van der Waals surface area contributed by atoms with Gasteiger partial charge in [-0.3, -0.25) is 14.9 Å². The molecule has 1 unspecified atom stereocenters. The molecule has 1 aromatic carbocycles. The molecule has 2 N–H and O–H groups in total. The number of carbonyl (C=O) groups excluding carboxylic acids is 1. The van der Waals surface area contributed by atoms with Crippen molar-refractivity contribution in [1.29, 1.82) is 0 Å². The lowest BCUT2D eigenvalue weighted by Gasteiger charge is -2.21. The molecule has 128 valence electrons. The van der Waals surface area contributed by atoms with Crippen LogP contribution in [-0.2, 0) is 11.2 Å². The van der Waals surface area contributed by atoms with E-state index in [4.69, 9.17) is 0 Å². The Balaban J connectivity index is 0.00000264. The molecular weight excluding hydrogens is 318 g/mol. The average Bonchev–Trinajstić information content (AvgIpc) is 2.55. The summed E-state index contributed by atoms with van der Waals surface area (Å²) in [6.45, 7) is 2.50. The van der Waals surface area contributed by atoms with E-state index in [1.165, 1.54) is 12.1 Å². The monoisotopic (exact) mass is 341 g/mol. The highest BCUT2D eigenvalue weighted by atomic mass is 35.5. The topological polar surface area (TPSA) is 84.3 Å². The first-order valence-corrected chi connectivity index (χ1v) is 7.88. The van der Waals surface area contributed by atoms with Crippen molar-refractivity contribution in [3.63, 3.8) is 0 Å². The zero-order valence-corrected chi connectivity index (χ0v) is 13.9. The summed E-state index contributed by atoms with van der Waals surface area (Å²) in [6, 6.07) is 6.66. The number of unbranched alkanes of at least 4 members (excludes halogenated alkanes) is 1.